The molecule has 110 valence electrons. The zero-order chi connectivity index (χ0) is 15.0. The monoisotopic (exact) mass is 296 g/mol. The molecule has 1 rings (SSSR count). The van der Waals surface area contributed by atoms with Gasteiger partial charge in [0.2, 0.25) is 5.91 Å². The van der Waals surface area contributed by atoms with E-state index < -0.39 is 0 Å². The Balaban J connectivity index is 2.33. The van der Waals surface area contributed by atoms with E-state index in [4.69, 9.17) is 16.3 Å². The molecule has 0 heterocycles. The predicted molar refractivity (Wildman–Crippen MR) is 82.2 cm³/mol. The fourth-order valence-electron chi connectivity index (χ4n) is 1.58. The van der Waals surface area contributed by atoms with E-state index in [1.165, 1.54) is 0 Å². The Hall–Kier alpha value is -1.52. The Morgan fingerprint density at radius 3 is 3.00 bits per heavy atom. The highest BCUT2D eigenvalue weighted by Crippen LogP contribution is 2.16. The van der Waals surface area contributed by atoms with E-state index >= 15 is 0 Å². The highest BCUT2D eigenvalue weighted by Gasteiger charge is 2.16. The van der Waals surface area contributed by atoms with Crippen molar-refractivity contribution in [2.24, 2.45) is 0 Å². The molecule has 1 aromatic rings. The molecule has 4 nitrogen and oxygen atoms in total. The smallest absolute Gasteiger partial charge is 0.237 e. The number of carbonyl (C=O) groups is 1. The molecule has 0 radical (unpaired) electrons. The first-order valence-electron chi connectivity index (χ1n) is 6.51. The number of halogens is 1. The van der Waals surface area contributed by atoms with Crippen molar-refractivity contribution in [1.82, 2.24) is 10.2 Å². The number of likely N-dealkylation sites (N-methyl/N-ethyl adjacent to an activating group) is 1. The average molecular weight is 297 g/mol. The summed E-state index contributed by atoms with van der Waals surface area (Å²) in [6.45, 7) is 7.05. The van der Waals surface area contributed by atoms with Crippen molar-refractivity contribution in [1.29, 1.82) is 0 Å². The lowest BCUT2D eigenvalue weighted by Gasteiger charge is -2.23. The Labute approximate surface area is 125 Å². The summed E-state index contributed by atoms with van der Waals surface area (Å²) in [5.41, 5.74) is 0. The van der Waals surface area contributed by atoms with Gasteiger partial charge < -0.3 is 10.1 Å². The molecule has 0 fully saturated rings. The number of amides is 1. The van der Waals surface area contributed by atoms with Gasteiger partial charge in [0.15, 0.2) is 0 Å². The van der Waals surface area contributed by atoms with Gasteiger partial charge >= 0.3 is 0 Å². The molecule has 0 spiro atoms. The van der Waals surface area contributed by atoms with Crippen LogP contribution in [0.15, 0.2) is 36.9 Å². The van der Waals surface area contributed by atoms with Gasteiger partial charge in [-0.25, -0.2) is 0 Å². The molecule has 1 aromatic carbocycles. The highest BCUT2D eigenvalue weighted by molar-refractivity contribution is 6.30. The number of hydrogen-bond acceptors (Lipinski definition) is 3. The number of hydrogen-bond donors (Lipinski definition) is 1. The largest absolute Gasteiger partial charge is 0.492 e. The fourth-order valence-corrected chi connectivity index (χ4v) is 1.76. The van der Waals surface area contributed by atoms with Crippen LogP contribution >= 0.6 is 11.6 Å². The van der Waals surface area contributed by atoms with Crippen molar-refractivity contribution in [3.05, 3.63) is 41.9 Å². The number of carbonyl (C=O) groups excluding carboxylic acids is 1. The average Bonchev–Trinajstić information content (AvgIpc) is 2.43. The zero-order valence-corrected chi connectivity index (χ0v) is 12.7. The number of ether oxygens (including phenoxy) is 1. The Morgan fingerprint density at radius 2 is 2.35 bits per heavy atom. The van der Waals surface area contributed by atoms with Gasteiger partial charge in [-0.3, -0.25) is 9.69 Å². The molecule has 1 atom stereocenters. The van der Waals surface area contributed by atoms with E-state index in [0.29, 0.717) is 24.7 Å². The summed E-state index contributed by atoms with van der Waals surface area (Å²) in [4.78, 5) is 13.7. The second kappa shape index (κ2) is 8.61. The molecule has 0 saturated heterocycles. The van der Waals surface area contributed by atoms with Gasteiger partial charge in [0.1, 0.15) is 12.4 Å². The summed E-state index contributed by atoms with van der Waals surface area (Å²) in [5, 5.41) is 3.42. The SMILES string of the molecule is C=CCNC(=O)C(C)N(C)CCOc1cccc(Cl)c1. The number of nitrogens with zero attached hydrogens (tertiary/aromatic N) is 1. The zero-order valence-electron chi connectivity index (χ0n) is 11.9. The van der Waals surface area contributed by atoms with Crippen LogP contribution in [0.25, 0.3) is 0 Å². The first-order chi connectivity index (χ1) is 9.54. The maximum absolute atomic E-state index is 11.8. The molecule has 20 heavy (non-hydrogen) atoms. The fraction of sp³-hybridized carbons (Fsp3) is 0.400. The molecule has 0 aliphatic rings. The van der Waals surface area contributed by atoms with Gasteiger partial charge in [-0.15, -0.1) is 6.58 Å². The molecule has 0 aliphatic carbocycles. The van der Waals surface area contributed by atoms with E-state index in [9.17, 15) is 4.79 Å². The number of benzene rings is 1. The molecule has 0 bridgehead atoms. The van der Waals surface area contributed by atoms with Crippen LogP contribution in [0.2, 0.25) is 5.02 Å². The number of nitrogens with one attached hydrogen (secondary N) is 1. The van der Waals surface area contributed by atoms with Crippen molar-refractivity contribution in [3.8, 4) is 5.75 Å². The van der Waals surface area contributed by atoms with E-state index in [0.717, 1.165) is 5.75 Å². The van der Waals surface area contributed by atoms with Crippen LogP contribution < -0.4 is 10.1 Å². The minimum atomic E-state index is -0.210. The highest BCUT2D eigenvalue weighted by atomic mass is 35.5. The van der Waals surface area contributed by atoms with E-state index in [1.54, 1.807) is 18.2 Å². The van der Waals surface area contributed by atoms with Crippen molar-refractivity contribution in [3.63, 3.8) is 0 Å². The van der Waals surface area contributed by atoms with E-state index in [1.807, 2.05) is 31.0 Å². The topological polar surface area (TPSA) is 41.6 Å². The van der Waals surface area contributed by atoms with Gasteiger partial charge in [0.25, 0.3) is 0 Å². The van der Waals surface area contributed by atoms with Crippen LogP contribution in [-0.2, 0) is 4.79 Å². The van der Waals surface area contributed by atoms with E-state index in [2.05, 4.69) is 11.9 Å². The molecule has 1 unspecified atom stereocenters. The van der Waals surface area contributed by atoms with Crippen LogP contribution in [0.3, 0.4) is 0 Å². The lowest BCUT2D eigenvalue weighted by molar-refractivity contribution is -0.125. The summed E-state index contributed by atoms with van der Waals surface area (Å²) >= 11 is 5.88. The summed E-state index contributed by atoms with van der Waals surface area (Å²) < 4.78 is 5.59. The quantitative estimate of drug-likeness (QED) is 0.749. The molecule has 1 amide bonds. The summed E-state index contributed by atoms with van der Waals surface area (Å²) in [6, 6.07) is 7.05. The van der Waals surface area contributed by atoms with Gasteiger partial charge in [-0.2, -0.15) is 0 Å². The first-order valence-corrected chi connectivity index (χ1v) is 6.89. The second-order valence-electron chi connectivity index (χ2n) is 4.50. The Morgan fingerprint density at radius 1 is 1.60 bits per heavy atom. The molecular weight excluding hydrogens is 276 g/mol. The van der Waals surface area contributed by atoms with Gasteiger partial charge in [0, 0.05) is 18.1 Å². The molecule has 1 N–H and O–H groups in total. The van der Waals surface area contributed by atoms with Gasteiger partial charge in [-0.05, 0) is 32.2 Å². The van der Waals surface area contributed by atoms with Crippen molar-refractivity contribution >= 4 is 17.5 Å². The minimum Gasteiger partial charge on any atom is -0.492 e. The summed E-state index contributed by atoms with van der Waals surface area (Å²) in [7, 11) is 1.89. The van der Waals surface area contributed by atoms with Gasteiger partial charge in [0.05, 0.1) is 6.04 Å². The molecule has 0 saturated carbocycles. The summed E-state index contributed by atoms with van der Waals surface area (Å²) in [5.74, 6) is 0.713. The van der Waals surface area contributed by atoms with Crippen molar-refractivity contribution < 1.29 is 9.53 Å². The third kappa shape index (κ3) is 5.63. The van der Waals surface area contributed by atoms with E-state index in [-0.39, 0.29) is 11.9 Å². The van der Waals surface area contributed by atoms with Crippen LogP contribution in [0.4, 0.5) is 0 Å². The summed E-state index contributed by atoms with van der Waals surface area (Å²) in [6.07, 6.45) is 1.66. The lowest BCUT2D eigenvalue weighted by atomic mass is 10.2. The van der Waals surface area contributed by atoms with Crippen LogP contribution in [0.5, 0.6) is 5.75 Å². The van der Waals surface area contributed by atoms with Crippen LogP contribution in [0, 0.1) is 0 Å². The number of rotatable bonds is 8. The van der Waals surface area contributed by atoms with Crippen LogP contribution in [0.1, 0.15) is 6.92 Å². The Kier molecular flexibility index (Phi) is 7.12. The Bertz CT molecular complexity index is 451. The first kappa shape index (κ1) is 16.5. The molecule has 0 aliphatic heterocycles. The van der Waals surface area contributed by atoms with Crippen LogP contribution in [-0.4, -0.2) is 43.6 Å². The predicted octanol–water partition coefficient (Wildman–Crippen LogP) is 2.34. The normalized spacial score (nSPS) is 12.0. The molecular formula is C15H21ClN2O2. The molecule has 5 heteroatoms. The van der Waals surface area contributed by atoms with Crippen molar-refractivity contribution in [2.45, 2.75) is 13.0 Å². The lowest BCUT2D eigenvalue weighted by Crippen LogP contribution is -2.44. The minimum absolute atomic E-state index is 0.0184. The maximum atomic E-state index is 11.8. The third-order valence-corrected chi connectivity index (χ3v) is 3.21. The van der Waals surface area contributed by atoms with Crippen molar-refractivity contribution in [2.75, 3.05) is 26.7 Å². The third-order valence-electron chi connectivity index (χ3n) is 2.97. The second-order valence-corrected chi connectivity index (χ2v) is 4.93. The van der Waals surface area contributed by atoms with Gasteiger partial charge in [-0.1, -0.05) is 23.7 Å². The molecule has 0 aromatic heterocycles. The maximum Gasteiger partial charge on any atom is 0.237 e. The standard InChI is InChI=1S/C15H21ClN2O2/c1-4-8-17-15(19)12(2)18(3)9-10-20-14-7-5-6-13(16)11-14/h4-7,11-12H,1,8-10H2,2-3H3,(H,17,19).